The number of piperidine rings is 1. The fraction of sp³-hybridized carbons (Fsp3) is 0.350. The van der Waals surface area contributed by atoms with Crippen LogP contribution in [0.5, 0.6) is 5.75 Å². The van der Waals surface area contributed by atoms with Gasteiger partial charge in [-0.15, -0.1) is 0 Å². The summed E-state index contributed by atoms with van der Waals surface area (Å²) in [6.07, 6.45) is 0.613. The molecule has 0 saturated carbocycles. The molecule has 0 amide bonds. The zero-order valence-electron chi connectivity index (χ0n) is 15.4. The number of carbonyl (C=O) groups is 2. The predicted molar refractivity (Wildman–Crippen MR) is 101 cm³/mol. The standard InChI is InChI=1S/C20H22N2O6/c1-28-15-4-2-3-13(9-15)10-20(19(26)27)12-22(8-7-16(20)23)17-6-5-14(11-21-17)18(24)25/h2-6,9,11,16,23H,7-8,10,12H2,1H3,(H,24,25)(H,26,27)/t16-,20-/m1/s1. The maximum Gasteiger partial charge on any atom is 0.337 e. The molecule has 3 N–H and O–H groups in total. The number of aliphatic carboxylic acids is 1. The molecule has 2 atom stereocenters. The number of aromatic carboxylic acids is 1. The number of rotatable bonds is 6. The van der Waals surface area contributed by atoms with Crippen molar-refractivity contribution in [2.75, 3.05) is 25.1 Å². The highest BCUT2D eigenvalue weighted by Crippen LogP contribution is 2.36. The lowest BCUT2D eigenvalue weighted by Gasteiger charge is -2.44. The molecule has 8 heteroatoms. The van der Waals surface area contributed by atoms with E-state index in [9.17, 15) is 19.8 Å². The second-order valence-electron chi connectivity index (χ2n) is 6.93. The molecular formula is C20H22N2O6. The molecule has 0 spiro atoms. The van der Waals surface area contributed by atoms with Crippen molar-refractivity contribution in [3.05, 3.63) is 53.7 Å². The number of aliphatic hydroxyl groups excluding tert-OH is 1. The quantitative estimate of drug-likeness (QED) is 0.686. The Morgan fingerprint density at radius 3 is 2.68 bits per heavy atom. The van der Waals surface area contributed by atoms with Gasteiger partial charge in [-0.2, -0.15) is 0 Å². The smallest absolute Gasteiger partial charge is 0.337 e. The first-order valence-corrected chi connectivity index (χ1v) is 8.84. The molecule has 0 radical (unpaired) electrons. The Hall–Kier alpha value is -3.13. The van der Waals surface area contributed by atoms with Crippen LogP contribution in [0.25, 0.3) is 0 Å². The van der Waals surface area contributed by atoms with Gasteiger partial charge in [-0.3, -0.25) is 4.79 Å². The average molecular weight is 386 g/mol. The number of carboxylic acid groups (broad SMARTS) is 2. The Morgan fingerprint density at radius 1 is 1.29 bits per heavy atom. The molecule has 2 aromatic rings. The second kappa shape index (κ2) is 7.85. The van der Waals surface area contributed by atoms with Crippen LogP contribution in [0.3, 0.4) is 0 Å². The molecule has 8 nitrogen and oxygen atoms in total. The Morgan fingerprint density at radius 2 is 2.07 bits per heavy atom. The van der Waals surface area contributed by atoms with Gasteiger partial charge >= 0.3 is 11.9 Å². The van der Waals surface area contributed by atoms with E-state index in [2.05, 4.69) is 4.98 Å². The zero-order chi connectivity index (χ0) is 20.3. The van der Waals surface area contributed by atoms with Gasteiger partial charge in [0.25, 0.3) is 0 Å². The van der Waals surface area contributed by atoms with Crippen LogP contribution in [0.4, 0.5) is 5.82 Å². The van der Waals surface area contributed by atoms with E-state index < -0.39 is 23.5 Å². The molecule has 148 valence electrons. The molecule has 1 aliphatic heterocycles. The summed E-state index contributed by atoms with van der Waals surface area (Å²) in [5, 5.41) is 29.6. The third-order valence-electron chi connectivity index (χ3n) is 5.18. The molecule has 0 unspecified atom stereocenters. The van der Waals surface area contributed by atoms with Crippen LogP contribution in [-0.2, 0) is 11.2 Å². The predicted octanol–water partition coefficient (Wildman–Crippen LogP) is 1.67. The number of nitrogens with zero attached hydrogens (tertiary/aromatic N) is 2. The highest BCUT2D eigenvalue weighted by molar-refractivity contribution is 5.87. The van der Waals surface area contributed by atoms with Gasteiger partial charge in [-0.25, -0.2) is 9.78 Å². The van der Waals surface area contributed by atoms with Gasteiger partial charge in [0.05, 0.1) is 18.8 Å². The number of benzene rings is 1. The SMILES string of the molecule is COc1cccc(C[C@@]2(C(=O)O)CN(c3ccc(C(=O)O)cn3)CC[C@H]2O)c1. The minimum atomic E-state index is -1.42. The molecular weight excluding hydrogens is 364 g/mol. The van der Waals surface area contributed by atoms with E-state index >= 15 is 0 Å². The van der Waals surface area contributed by atoms with Crippen molar-refractivity contribution in [2.24, 2.45) is 5.41 Å². The minimum Gasteiger partial charge on any atom is -0.497 e. The highest BCUT2D eigenvalue weighted by Gasteiger charge is 2.49. The van der Waals surface area contributed by atoms with Crippen LogP contribution in [-0.4, -0.2) is 58.5 Å². The topological polar surface area (TPSA) is 120 Å². The molecule has 1 aromatic carbocycles. The number of hydrogen-bond donors (Lipinski definition) is 3. The monoisotopic (exact) mass is 386 g/mol. The summed E-state index contributed by atoms with van der Waals surface area (Å²) in [4.78, 5) is 29.2. The first-order valence-electron chi connectivity index (χ1n) is 8.84. The van der Waals surface area contributed by atoms with Crippen LogP contribution in [0.1, 0.15) is 22.3 Å². The number of anilines is 1. The van der Waals surface area contributed by atoms with E-state index in [1.165, 1.54) is 19.4 Å². The number of pyridine rings is 1. The molecule has 1 aliphatic rings. The number of aromatic nitrogens is 1. The first-order chi connectivity index (χ1) is 13.4. The van der Waals surface area contributed by atoms with E-state index in [0.717, 1.165) is 5.56 Å². The van der Waals surface area contributed by atoms with Crippen LogP contribution < -0.4 is 9.64 Å². The van der Waals surface area contributed by atoms with Crippen LogP contribution in [0.15, 0.2) is 42.6 Å². The van der Waals surface area contributed by atoms with Crippen molar-refractivity contribution >= 4 is 17.8 Å². The Labute approximate surface area is 162 Å². The fourth-order valence-corrected chi connectivity index (χ4v) is 3.58. The first kappa shape index (κ1) is 19.6. The number of methoxy groups -OCH3 is 1. The Bertz CT molecular complexity index is 869. The summed E-state index contributed by atoms with van der Waals surface area (Å²) in [6, 6.07) is 10.1. The van der Waals surface area contributed by atoms with Crippen molar-refractivity contribution in [2.45, 2.75) is 18.9 Å². The maximum absolute atomic E-state index is 12.2. The van der Waals surface area contributed by atoms with E-state index in [-0.39, 0.29) is 24.9 Å². The Balaban J connectivity index is 1.90. The van der Waals surface area contributed by atoms with E-state index in [1.807, 2.05) is 0 Å². The average Bonchev–Trinajstić information content (AvgIpc) is 2.69. The molecule has 1 fully saturated rings. The summed E-state index contributed by atoms with van der Waals surface area (Å²) < 4.78 is 5.21. The van der Waals surface area contributed by atoms with Gasteiger partial charge in [-0.05, 0) is 42.7 Å². The molecule has 2 heterocycles. The Kier molecular flexibility index (Phi) is 5.51. The van der Waals surface area contributed by atoms with Gasteiger partial charge in [0.15, 0.2) is 0 Å². The fourth-order valence-electron chi connectivity index (χ4n) is 3.58. The van der Waals surface area contributed by atoms with Crippen molar-refractivity contribution in [1.82, 2.24) is 4.98 Å². The highest BCUT2D eigenvalue weighted by atomic mass is 16.5. The lowest BCUT2D eigenvalue weighted by molar-refractivity contribution is -0.157. The molecule has 0 bridgehead atoms. The van der Waals surface area contributed by atoms with E-state index in [0.29, 0.717) is 18.1 Å². The summed E-state index contributed by atoms with van der Waals surface area (Å²) in [5.74, 6) is -1.07. The molecule has 1 aromatic heterocycles. The zero-order valence-corrected chi connectivity index (χ0v) is 15.4. The summed E-state index contributed by atoms with van der Waals surface area (Å²) in [6.45, 7) is 0.480. The van der Waals surface area contributed by atoms with Crippen molar-refractivity contribution in [3.63, 3.8) is 0 Å². The normalized spacial score (nSPS) is 21.9. The maximum atomic E-state index is 12.2. The number of carboxylic acids is 2. The van der Waals surface area contributed by atoms with Crippen LogP contribution >= 0.6 is 0 Å². The molecule has 0 aliphatic carbocycles. The minimum absolute atomic E-state index is 0.0557. The lowest BCUT2D eigenvalue weighted by atomic mass is 9.73. The van der Waals surface area contributed by atoms with Gasteiger partial charge in [0.2, 0.25) is 0 Å². The largest absolute Gasteiger partial charge is 0.497 e. The summed E-state index contributed by atoms with van der Waals surface area (Å²) >= 11 is 0. The molecule has 28 heavy (non-hydrogen) atoms. The third kappa shape index (κ3) is 3.77. The summed E-state index contributed by atoms with van der Waals surface area (Å²) in [5.41, 5.74) is -0.615. The van der Waals surface area contributed by atoms with Crippen molar-refractivity contribution in [1.29, 1.82) is 0 Å². The second-order valence-corrected chi connectivity index (χ2v) is 6.93. The van der Waals surface area contributed by atoms with Gasteiger partial charge in [0.1, 0.15) is 17.0 Å². The third-order valence-corrected chi connectivity index (χ3v) is 5.18. The number of aliphatic hydroxyl groups is 1. The van der Waals surface area contributed by atoms with Gasteiger partial charge < -0.3 is 25.0 Å². The van der Waals surface area contributed by atoms with Crippen LogP contribution in [0, 0.1) is 5.41 Å². The lowest BCUT2D eigenvalue weighted by Crippen LogP contribution is -2.57. The molecule has 3 rings (SSSR count). The number of hydrogen-bond acceptors (Lipinski definition) is 6. The van der Waals surface area contributed by atoms with Gasteiger partial charge in [0, 0.05) is 19.3 Å². The van der Waals surface area contributed by atoms with E-state index in [1.54, 1.807) is 35.2 Å². The van der Waals surface area contributed by atoms with Gasteiger partial charge in [-0.1, -0.05) is 12.1 Å². The van der Waals surface area contributed by atoms with Crippen molar-refractivity contribution < 1.29 is 29.6 Å². The van der Waals surface area contributed by atoms with Crippen molar-refractivity contribution in [3.8, 4) is 5.75 Å². The number of ether oxygens (including phenoxy) is 1. The van der Waals surface area contributed by atoms with E-state index in [4.69, 9.17) is 9.84 Å². The summed E-state index contributed by atoms with van der Waals surface area (Å²) in [7, 11) is 1.54. The van der Waals surface area contributed by atoms with Crippen LogP contribution in [0.2, 0.25) is 0 Å². The molecule has 1 saturated heterocycles.